The van der Waals surface area contributed by atoms with Gasteiger partial charge in [0.15, 0.2) is 0 Å². The number of carbonyl (C=O) groups excluding carboxylic acids is 4. The predicted molar refractivity (Wildman–Crippen MR) is 121 cm³/mol. The zero-order chi connectivity index (χ0) is 23.6. The van der Waals surface area contributed by atoms with Crippen LogP contribution in [-0.2, 0) is 19.9 Å². The molecule has 4 rings (SSSR count). The first-order valence-electron chi connectivity index (χ1n) is 10.2. The van der Waals surface area contributed by atoms with E-state index in [-0.39, 0.29) is 17.2 Å². The van der Waals surface area contributed by atoms with Gasteiger partial charge in [-0.05, 0) is 31.5 Å². The van der Waals surface area contributed by atoms with Crippen LogP contribution in [0.4, 0.5) is 9.80 Å². The van der Waals surface area contributed by atoms with Gasteiger partial charge in [0.05, 0.1) is 12.9 Å². The Hall–Kier alpha value is -3.92. The summed E-state index contributed by atoms with van der Waals surface area (Å²) in [5.74, 6) is -1.34. The van der Waals surface area contributed by atoms with E-state index in [0.717, 1.165) is 16.2 Å². The molecular formula is C23H21N3O6S. The Labute approximate surface area is 193 Å². The molecule has 170 valence electrons. The van der Waals surface area contributed by atoms with Crippen molar-refractivity contribution in [3.8, 4) is 11.3 Å². The summed E-state index contributed by atoms with van der Waals surface area (Å²) in [6.45, 7) is 2.91. The third kappa shape index (κ3) is 4.12. The first-order chi connectivity index (χ1) is 15.8. The normalized spacial score (nSPS) is 17.7. The molecule has 0 radical (unpaired) electrons. The van der Waals surface area contributed by atoms with Crippen LogP contribution in [0.25, 0.3) is 11.3 Å². The molecule has 4 amide bonds. The summed E-state index contributed by atoms with van der Waals surface area (Å²) in [6.07, 6.45) is 1.47. The molecule has 1 unspecified atom stereocenters. The quantitative estimate of drug-likeness (QED) is 0.405. The van der Waals surface area contributed by atoms with E-state index in [2.05, 4.69) is 10.6 Å². The van der Waals surface area contributed by atoms with E-state index in [1.807, 2.05) is 0 Å². The first kappa shape index (κ1) is 22.3. The molecule has 3 heterocycles. The van der Waals surface area contributed by atoms with Crippen molar-refractivity contribution >= 4 is 40.2 Å². The lowest BCUT2D eigenvalue weighted by Gasteiger charge is -2.22. The fourth-order valence-corrected chi connectivity index (χ4v) is 4.54. The number of hydrogen-bond donors (Lipinski definition) is 2. The van der Waals surface area contributed by atoms with E-state index < -0.39 is 35.9 Å². The van der Waals surface area contributed by atoms with Gasteiger partial charge in [-0.15, -0.1) is 11.3 Å². The van der Waals surface area contributed by atoms with Gasteiger partial charge in [0.1, 0.15) is 28.4 Å². The maximum atomic E-state index is 13.0. The van der Waals surface area contributed by atoms with Crippen molar-refractivity contribution in [1.29, 1.82) is 0 Å². The van der Waals surface area contributed by atoms with Crippen LogP contribution in [0, 0.1) is 0 Å². The van der Waals surface area contributed by atoms with Gasteiger partial charge in [-0.1, -0.05) is 30.3 Å². The second-order valence-corrected chi connectivity index (χ2v) is 8.29. The van der Waals surface area contributed by atoms with Gasteiger partial charge in [0, 0.05) is 10.9 Å². The molecule has 0 aliphatic carbocycles. The average Bonchev–Trinajstić information content (AvgIpc) is 3.51. The van der Waals surface area contributed by atoms with Crippen molar-refractivity contribution in [3.63, 3.8) is 0 Å². The predicted octanol–water partition coefficient (Wildman–Crippen LogP) is 3.59. The fraction of sp³-hybridized carbons (Fsp3) is 0.217. The molecule has 2 N–H and O–H groups in total. The molecule has 2 aromatic heterocycles. The molecule has 1 aliphatic rings. The number of amides is 4. The molecule has 1 aromatic carbocycles. The number of thiophene rings is 1. The van der Waals surface area contributed by atoms with Crippen molar-refractivity contribution < 1.29 is 28.3 Å². The van der Waals surface area contributed by atoms with Gasteiger partial charge in [-0.2, -0.15) is 0 Å². The number of nitrogens with zero attached hydrogens (tertiary/aromatic N) is 1. The molecule has 33 heavy (non-hydrogen) atoms. The highest BCUT2D eigenvalue weighted by Gasteiger charge is 2.49. The molecule has 1 saturated heterocycles. The molecule has 0 spiro atoms. The van der Waals surface area contributed by atoms with E-state index in [9.17, 15) is 19.2 Å². The van der Waals surface area contributed by atoms with Crippen LogP contribution in [0.1, 0.15) is 29.8 Å². The van der Waals surface area contributed by atoms with Crippen LogP contribution in [0.5, 0.6) is 0 Å². The van der Waals surface area contributed by atoms with Gasteiger partial charge in [-0.25, -0.2) is 9.59 Å². The first-order valence-corrected chi connectivity index (χ1v) is 11.0. The number of anilines is 1. The third-order valence-electron chi connectivity index (χ3n) is 5.24. The summed E-state index contributed by atoms with van der Waals surface area (Å²) >= 11 is 1.12. The van der Waals surface area contributed by atoms with Gasteiger partial charge >= 0.3 is 12.0 Å². The SMILES string of the molecule is CCOC(=O)c1c(-c2ccco2)csc1NC(=O)CN1C(=O)NC(C)(c2ccccc2)C1=O. The summed E-state index contributed by atoms with van der Waals surface area (Å²) in [7, 11) is 0. The fourth-order valence-electron chi connectivity index (χ4n) is 3.59. The average molecular weight is 468 g/mol. The number of hydrogen-bond acceptors (Lipinski definition) is 7. The van der Waals surface area contributed by atoms with Crippen molar-refractivity contribution in [2.45, 2.75) is 19.4 Å². The van der Waals surface area contributed by atoms with E-state index in [1.54, 1.807) is 61.7 Å². The Morgan fingerprint density at radius 1 is 1.18 bits per heavy atom. The Bertz CT molecular complexity index is 1200. The Morgan fingerprint density at radius 2 is 1.94 bits per heavy atom. The maximum Gasteiger partial charge on any atom is 0.341 e. The molecule has 10 heteroatoms. The number of nitrogens with one attached hydrogen (secondary N) is 2. The van der Waals surface area contributed by atoms with Crippen LogP contribution in [-0.4, -0.2) is 41.9 Å². The van der Waals surface area contributed by atoms with Crippen LogP contribution >= 0.6 is 11.3 Å². The summed E-state index contributed by atoms with van der Waals surface area (Å²) in [4.78, 5) is 51.8. The van der Waals surface area contributed by atoms with Gasteiger partial charge in [-0.3, -0.25) is 14.5 Å². The molecule has 1 fully saturated rings. The van der Waals surface area contributed by atoms with Crippen molar-refractivity contribution in [3.05, 3.63) is 65.2 Å². The number of imide groups is 1. The molecule has 0 bridgehead atoms. The molecule has 0 saturated carbocycles. The zero-order valence-corrected chi connectivity index (χ0v) is 18.7. The van der Waals surface area contributed by atoms with Crippen LogP contribution in [0.15, 0.2) is 58.5 Å². The maximum absolute atomic E-state index is 13.0. The number of furan rings is 1. The number of esters is 1. The van der Waals surface area contributed by atoms with Crippen molar-refractivity contribution in [1.82, 2.24) is 10.2 Å². The van der Waals surface area contributed by atoms with E-state index in [0.29, 0.717) is 16.9 Å². The lowest BCUT2D eigenvalue weighted by atomic mass is 9.92. The molecule has 3 aromatic rings. The second-order valence-electron chi connectivity index (χ2n) is 7.41. The number of ether oxygens (including phenoxy) is 1. The number of rotatable bonds is 7. The molecule has 9 nitrogen and oxygen atoms in total. The van der Waals surface area contributed by atoms with Gasteiger partial charge in [0.25, 0.3) is 5.91 Å². The molecular weight excluding hydrogens is 446 g/mol. The monoisotopic (exact) mass is 467 g/mol. The van der Waals surface area contributed by atoms with E-state index in [4.69, 9.17) is 9.15 Å². The lowest BCUT2D eigenvalue weighted by molar-refractivity contribution is -0.133. The summed E-state index contributed by atoms with van der Waals surface area (Å²) < 4.78 is 10.5. The van der Waals surface area contributed by atoms with Crippen molar-refractivity contribution in [2.24, 2.45) is 0 Å². The highest BCUT2D eigenvalue weighted by atomic mass is 32.1. The summed E-state index contributed by atoms with van der Waals surface area (Å²) in [5, 5.41) is 7.19. The Morgan fingerprint density at radius 3 is 2.61 bits per heavy atom. The molecule has 1 aliphatic heterocycles. The summed E-state index contributed by atoms with van der Waals surface area (Å²) in [6, 6.07) is 11.5. The smallest absolute Gasteiger partial charge is 0.341 e. The summed E-state index contributed by atoms with van der Waals surface area (Å²) in [5.41, 5.74) is -0.0385. The minimum atomic E-state index is -1.27. The highest BCUT2D eigenvalue weighted by Crippen LogP contribution is 2.36. The zero-order valence-electron chi connectivity index (χ0n) is 17.9. The highest BCUT2D eigenvalue weighted by molar-refractivity contribution is 7.15. The standard InChI is InChI=1S/C23H21N3O6S/c1-3-31-20(28)18-15(16-10-7-11-32-16)13-33-19(18)24-17(27)12-26-21(29)23(2,25-22(26)30)14-8-5-4-6-9-14/h4-11,13H,3,12H2,1-2H3,(H,24,27)(H,25,30). The third-order valence-corrected chi connectivity index (χ3v) is 6.13. The number of benzene rings is 1. The second kappa shape index (κ2) is 8.91. The Balaban J connectivity index is 1.54. The largest absolute Gasteiger partial charge is 0.464 e. The van der Waals surface area contributed by atoms with Gasteiger partial charge in [0.2, 0.25) is 5.91 Å². The van der Waals surface area contributed by atoms with E-state index >= 15 is 0 Å². The molecule has 1 atom stereocenters. The topological polar surface area (TPSA) is 118 Å². The van der Waals surface area contributed by atoms with E-state index in [1.165, 1.54) is 6.26 Å². The number of carbonyl (C=O) groups is 4. The Kier molecular flexibility index (Phi) is 6.01. The van der Waals surface area contributed by atoms with Crippen LogP contribution in [0.3, 0.4) is 0 Å². The lowest BCUT2D eigenvalue weighted by Crippen LogP contribution is -2.42. The number of urea groups is 1. The van der Waals surface area contributed by atoms with Crippen molar-refractivity contribution in [2.75, 3.05) is 18.5 Å². The van der Waals surface area contributed by atoms with Gasteiger partial charge < -0.3 is 19.8 Å². The minimum Gasteiger partial charge on any atom is -0.464 e. The van der Waals surface area contributed by atoms with Crippen LogP contribution < -0.4 is 10.6 Å². The van der Waals surface area contributed by atoms with Crippen LogP contribution in [0.2, 0.25) is 0 Å². The minimum absolute atomic E-state index is 0.150.